The van der Waals surface area contributed by atoms with E-state index in [4.69, 9.17) is 4.43 Å². The van der Waals surface area contributed by atoms with Gasteiger partial charge in [-0.1, -0.05) is 18.2 Å². The van der Waals surface area contributed by atoms with Crippen LogP contribution in [-0.2, 0) is 13.6 Å². The first-order valence-corrected chi connectivity index (χ1v) is 5.34. The Labute approximate surface area is 74.4 Å². The van der Waals surface area contributed by atoms with E-state index in [2.05, 4.69) is 9.15 Å². The van der Waals surface area contributed by atoms with Gasteiger partial charge in [0.25, 0.3) is 0 Å². The van der Waals surface area contributed by atoms with Gasteiger partial charge in [-0.2, -0.15) is 0 Å². The average molecular weight is 200 g/mol. The van der Waals surface area contributed by atoms with E-state index >= 15 is 0 Å². The summed E-state index contributed by atoms with van der Waals surface area (Å²) in [5, 5.41) is 0. The second kappa shape index (κ2) is 4.80. The van der Waals surface area contributed by atoms with Crippen molar-refractivity contribution < 1.29 is 18.0 Å². The van der Waals surface area contributed by atoms with Crippen molar-refractivity contribution in [2.45, 2.75) is 0 Å². The summed E-state index contributed by atoms with van der Waals surface area (Å²) >= 11 is 0. The highest BCUT2D eigenvalue weighted by atomic mass is 28.3. The minimum Gasteiger partial charge on any atom is -0.458 e. The Morgan fingerprint density at radius 1 is 1.25 bits per heavy atom. The molecule has 0 aliphatic rings. The van der Waals surface area contributed by atoms with E-state index in [1.807, 2.05) is 6.07 Å². The molecule has 0 spiro atoms. The van der Waals surface area contributed by atoms with Gasteiger partial charge < -0.3 is 9.00 Å². The molecule has 0 fully saturated rings. The maximum Gasteiger partial charge on any atom is 0.805 e. The molecule has 0 saturated carbocycles. The highest BCUT2D eigenvalue weighted by Crippen LogP contribution is 2.07. The third kappa shape index (κ3) is 2.95. The molecule has 0 unspecified atom stereocenters. The van der Waals surface area contributed by atoms with Gasteiger partial charge in [0.15, 0.2) is 0 Å². The van der Waals surface area contributed by atoms with Crippen molar-refractivity contribution in [1.29, 1.82) is 0 Å². The predicted octanol–water partition coefficient (Wildman–Crippen LogP) is -0.291. The third-order valence-corrected chi connectivity index (χ3v) is 2.30. The van der Waals surface area contributed by atoms with Crippen LogP contribution in [0.1, 0.15) is 0 Å². The third-order valence-electron chi connectivity index (χ3n) is 1.10. The molecular formula is C6H8O4Si2. The van der Waals surface area contributed by atoms with Crippen LogP contribution in [0.15, 0.2) is 30.3 Å². The first kappa shape index (κ1) is 9.10. The largest absolute Gasteiger partial charge is 0.805 e. The molecule has 64 valence electrons. The van der Waals surface area contributed by atoms with E-state index in [0.717, 1.165) is 0 Å². The van der Waals surface area contributed by atoms with Crippen LogP contribution in [0.25, 0.3) is 0 Å². The summed E-state index contributed by atoms with van der Waals surface area (Å²) in [7, 11) is -2.15. The number of hydrogen-bond donors (Lipinski definition) is 0. The number of rotatable bonds is 4. The monoisotopic (exact) mass is 200 g/mol. The van der Waals surface area contributed by atoms with Crippen molar-refractivity contribution in [2.75, 3.05) is 0 Å². The van der Waals surface area contributed by atoms with E-state index in [0.29, 0.717) is 16.2 Å². The van der Waals surface area contributed by atoms with Crippen molar-refractivity contribution >= 4 is 19.7 Å². The number of para-hydroxylation sites is 1. The van der Waals surface area contributed by atoms with E-state index in [9.17, 15) is 4.46 Å². The summed E-state index contributed by atoms with van der Waals surface area (Å²) in [5.74, 6) is 0.514. The van der Waals surface area contributed by atoms with Gasteiger partial charge in [0, 0.05) is 0 Å². The summed E-state index contributed by atoms with van der Waals surface area (Å²) < 4.78 is 24.4. The Balaban J connectivity index is 2.47. The first-order valence-electron chi connectivity index (χ1n) is 3.30. The molecule has 4 nitrogen and oxygen atoms in total. The van der Waals surface area contributed by atoms with Crippen LogP contribution in [0.5, 0.6) is 5.75 Å². The van der Waals surface area contributed by atoms with Crippen LogP contribution in [0.4, 0.5) is 0 Å². The van der Waals surface area contributed by atoms with Gasteiger partial charge in [-0.05, 0) is 12.1 Å². The molecule has 6 heteroatoms. The highest BCUT2D eigenvalue weighted by Gasteiger charge is 2.12. The summed E-state index contributed by atoms with van der Waals surface area (Å²) in [6, 6.07) is 8.80. The van der Waals surface area contributed by atoms with E-state index in [1.165, 1.54) is 0 Å². The molecule has 0 radical (unpaired) electrons. The van der Waals surface area contributed by atoms with Gasteiger partial charge in [0.1, 0.15) is 5.75 Å². The molecule has 0 aliphatic carbocycles. The number of benzene rings is 1. The van der Waals surface area contributed by atoms with E-state index in [-0.39, 0.29) is 0 Å². The molecule has 1 aromatic carbocycles. The summed E-state index contributed by atoms with van der Waals surface area (Å²) in [4.78, 5) is 0. The Morgan fingerprint density at radius 2 is 1.92 bits per heavy atom. The van der Waals surface area contributed by atoms with E-state index in [1.54, 1.807) is 24.3 Å². The van der Waals surface area contributed by atoms with Gasteiger partial charge in [0.05, 0.1) is 0 Å². The second-order valence-corrected chi connectivity index (χ2v) is 3.12. The van der Waals surface area contributed by atoms with Gasteiger partial charge in [-0.25, -0.2) is 0 Å². The maximum atomic E-state index is 10.9. The fraction of sp³-hybridized carbons (Fsp3) is 0. The molecule has 0 saturated heterocycles. The Hall–Kier alpha value is -0.986. The average Bonchev–Trinajstić information content (AvgIpc) is 2.06. The van der Waals surface area contributed by atoms with Crippen molar-refractivity contribution in [3.8, 4) is 5.75 Å². The van der Waals surface area contributed by atoms with Gasteiger partial charge in [-0.15, -0.1) is 0 Å². The van der Waals surface area contributed by atoms with Gasteiger partial charge in [-0.3, -0.25) is 9.04 Å². The van der Waals surface area contributed by atoms with Crippen LogP contribution >= 0.6 is 0 Å². The molecule has 0 N–H and O–H groups in total. The van der Waals surface area contributed by atoms with E-state index < -0.39 is 9.17 Å². The SMILES string of the molecule is O=[Si](OO[SiH3])Oc1ccccc1. The zero-order valence-electron chi connectivity index (χ0n) is 6.52. The topological polar surface area (TPSA) is 44.8 Å². The van der Waals surface area contributed by atoms with Gasteiger partial charge >= 0.3 is 9.17 Å². The van der Waals surface area contributed by atoms with Crippen LogP contribution in [0.2, 0.25) is 0 Å². The lowest BCUT2D eigenvalue weighted by atomic mass is 10.3. The lowest BCUT2D eigenvalue weighted by Gasteiger charge is -2.00. The zero-order chi connectivity index (χ0) is 8.81. The summed E-state index contributed by atoms with van der Waals surface area (Å²) in [6.45, 7) is 0. The quantitative estimate of drug-likeness (QED) is 0.380. The Morgan fingerprint density at radius 3 is 2.50 bits per heavy atom. The Kier molecular flexibility index (Phi) is 3.64. The lowest BCUT2D eigenvalue weighted by Crippen LogP contribution is -2.15. The molecule has 0 atom stereocenters. The maximum absolute atomic E-state index is 10.9. The van der Waals surface area contributed by atoms with Crippen molar-refractivity contribution in [3.63, 3.8) is 0 Å². The zero-order valence-corrected chi connectivity index (χ0v) is 9.52. The molecule has 0 aromatic heterocycles. The minimum absolute atomic E-state index is 0.377. The van der Waals surface area contributed by atoms with Crippen LogP contribution in [0, 0.1) is 0 Å². The van der Waals surface area contributed by atoms with Gasteiger partial charge in [0.2, 0.25) is 10.5 Å². The fourth-order valence-electron chi connectivity index (χ4n) is 0.670. The fourth-order valence-corrected chi connectivity index (χ4v) is 1.58. The standard InChI is InChI=1S/C6H8O4Si2/c7-12(10-9-11)8-6-4-2-1-3-5-6/h1-5H,11H3. The predicted molar refractivity (Wildman–Crippen MR) is 45.6 cm³/mol. The summed E-state index contributed by atoms with van der Waals surface area (Å²) in [6.07, 6.45) is 0. The molecule has 12 heavy (non-hydrogen) atoms. The molecular weight excluding hydrogens is 192 g/mol. The Bertz CT molecular complexity index is 251. The molecule has 0 aliphatic heterocycles. The molecule has 0 amide bonds. The second-order valence-electron chi connectivity index (χ2n) is 1.92. The normalized spacial score (nSPS) is 9.33. The molecule has 0 bridgehead atoms. The lowest BCUT2D eigenvalue weighted by molar-refractivity contribution is -0.117. The van der Waals surface area contributed by atoms with Crippen molar-refractivity contribution in [2.24, 2.45) is 0 Å². The van der Waals surface area contributed by atoms with Crippen LogP contribution in [-0.4, -0.2) is 19.7 Å². The molecule has 0 heterocycles. The van der Waals surface area contributed by atoms with Crippen LogP contribution < -0.4 is 4.43 Å². The highest BCUT2D eigenvalue weighted by molar-refractivity contribution is 6.27. The molecule has 1 aromatic rings. The van der Waals surface area contributed by atoms with Crippen molar-refractivity contribution in [1.82, 2.24) is 0 Å². The first-order chi connectivity index (χ1) is 5.83. The van der Waals surface area contributed by atoms with Crippen LogP contribution in [0.3, 0.4) is 0 Å². The summed E-state index contributed by atoms with van der Waals surface area (Å²) in [5.41, 5.74) is 0. The van der Waals surface area contributed by atoms with Crippen molar-refractivity contribution in [3.05, 3.63) is 30.3 Å². The minimum atomic E-state index is -2.53. The number of hydrogen-bond acceptors (Lipinski definition) is 4. The molecule has 1 rings (SSSR count). The smallest absolute Gasteiger partial charge is 0.458 e.